The largest absolute Gasteiger partial charge is 0.350 e. The summed E-state index contributed by atoms with van der Waals surface area (Å²) in [6.45, 7) is 9.03. The number of nitrogens with zero attached hydrogens (tertiary/aromatic N) is 2. The highest BCUT2D eigenvalue weighted by atomic mass is 35.5. The highest BCUT2D eigenvalue weighted by Gasteiger charge is 2.23. The predicted octanol–water partition coefficient (Wildman–Crippen LogP) is 3.50. The molecule has 1 saturated heterocycles. The third-order valence-corrected chi connectivity index (χ3v) is 5.32. The highest BCUT2D eigenvalue weighted by molar-refractivity contribution is 5.92. The van der Waals surface area contributed by atoms with Gasteiger partial charge in [-0.15, -0.1) is 12.4 Å². The molecule has 2 heterocycles. The van der Waals surface area contributed by atoms with Gasteiger partial charge in [-0.2, -0.15) is 5.10 Å². The molecule has 2 N–H and O–H groups in total. The Kier molecular flexibility index (Phi) is 7.45. The van der Waals surface area contributed by atoms with Crippen LogP contribution in [0.4, 0.5) is 0 Å². The van der Waals surface area contributed by atoms with E-state index in [-0.39, 0.29) is 23.7 Å². The molecule has 0 aliphatic carbocycles. The molecule has 1 unspecified atom stereocenters. The number of hydrogen-bond acceptors (Lipinski definition) is 3. The molecule has 0 radical (unpaired) electrons. The second-order valence-electron chi connectivity index (χ2n) is 7.80. The zero-order valence-electron chi connectivity index (χ0n) is 16.5. The van der Waals surface area contributed by atoms with Gasteiger partial charge in [0.15, 0.2) is 0 Å². The van der Waals surface area contributed by atoms with E-state index in [4.69, 9.17) is 0 Å². The summed E-state index contributed by atoms with van der Waals surface area (Å²) in [6.07, 6.45) is 5.21. The fourth-order valence-corrected chi connectivity index (χ4v) is 3.41. The molecule has 1 amide bonds. The molecular formula is C21H31ClN4O. The summed E-state index contributed by atoms with van der Waals surface area (Å²) in [5, 5.41) is 10.9. The second-order valence-corrected chi connectivity index (χ2v) is 7.80. The molecule has 6 heteroatoms. The van der Waals surface area contributed by atoms with Crippen molar-refractivity contribution in [1.29, 1.82) is 0 Å². The van der Waals surface area contributed by atoms with Gasteiger partial charge in [-0.3, -0.25) is 9.48 Å². The maximum absolute atomic E-state index is 12.5. The molecule has 0 bridgehead atoms. The first-order valence-electron chi connectivity index (χ1n) is 9.63. The van der Waals surface area contributed by atoms with Gasteiger partial charge in [0.1, 0.15) is 5.69 Å². The summed E-state index contributed by atoms with van der Waals surface area (Å²) in [7, 11) is 0. The summed E-state index contributed by atoms with van der Waals surface area (Å²) in [4.78, 5) is 12.5. The number of halogens is 1. The molecule has 27 heavy (non-hydrogen) atoms. The number of carbonyl (C=O) groups excluding carboxylic acids is 1. The van der Waals surface area contributed by atoms with Gasteiger partial charge < -0.3 is 10.6 Å². The topological polar surface area (TPSA) is 59.0 Å². The van der Waals surface area contributed by atoms with Crippen LogP contribution < -0.4 is 10.6 Å². The van der Waals surface area contributed by atoms with Crippen molar-refractivity contribution in [3.05, 3.63) is 53.3 Å². The van der Waals surface area contributed by atoms with E-state index in [0.29, 0.717) is 18.3 Å². The number of carbonyl (C=O) groups is 1. The van der Waals surface area contributed by atoms with Gasteiger partial charge in [-0.25, -0.2) is 0 Å². The first kappa shape index (κ1) is 21.5. The summed E-state index contributed by atoms with van der Waals surface area (Å²) in [5.41, 5.74) is 2.93. The minimum Gasteiger partial charge on any atom is -0.350 e. The van der Waals surface area contributed by atoms with E-state index >= 15 is 0 Å². The molecule has 1 aliphatic heterocycles. The van der Waals surface area contributed by atoms with Crippen LogP contribution in [0.2, 0.25) is 0 Å². The first-order valence-corrected chi connectivity index (χ1v) is 9.63. The van der Waals surface area contributed by atoms with Crippen molar-refractivity contribution >= 4 is 18.3 Å². The molecule has 148 valence electrons. The number of piperidine rings is 1. The lowest BCUT2D eigenvalue weighted by Gasteiger charge is -2.26. The maximum atomic E-state index is 12.5. The number of aryl methyl sites for hydroxylation is 1. The van der Waals surface area contributed by atoms with Crippen LogP contribution in [-0.2, 0) is 11.8 Å². The van der Waals surface area contributed by atoms with E-state index < -0.39 is 0 Å². The first-order chi connectivity index (χ1) is 12.5. The van der Waals surface area contributed by atoms with Crippen LogP contribution in [0.1, 0.15) is 61.3 Å². The van der Waals surface area contributed by atoms with Crippen LogP contribution in [0.5, 0.6) is 0 Å². The smallest absolute Gasteiger partial charge is 0.271 e. The number of rotatable bonds is 6. The Morgan fingerprint density at radius 3 is 2.67 bits per heavy atom. The van der Waals surface area contributed by atoms with Crippen molar-refractivity contribution in [3.63, 3.8) is 0 Å². The van der Waals surface area contributed by atoms with Crippen LogP contribution >= 0.6 is 12.4 Å². The zero-order valence-corrected chi connectivity index (χ0v) is 17.3. The Labute approximate surface area is 168 Å². The van der Waals surface area contributed by atoms with Crippen molar-refractivity contribution in [1.82, 2.24) is 20.4 Å². The fourth-order valence-electron chi connectivity index (χ4n) is 3.41. The van der Waals surface area contributed by atoms with E-state index in [9.17, 15) is 4.79 Å². The van der Waals surface area contributed by atoms with Gasteiger partial charge in [0.25, 0.3) is 5.91 Å². The quantitative estimate of drug-likeness (QED) is 0.793. The van der Waals surface area contributed by atoms with Crippen LogP contribution in [0.3, 0.4) is 0 Å². The number of benzene rings is 1. The van der Waals surface area contributed by atoms with Crippen LogP contribution in [0.25, 0.3) is 0 Å². The van der Waals surface area contributed by atoms with Crippen LogP contribution in [-0.4, -0.2) is 35.3 Å². The van der Waals surface area contributed by atoms with E-state index in [1.165, 1.54) is 11.1 Å². The molecule has 1 aromatic heterocycles. The summed E-state index contributed by atoms with van der Waals surface area (Å²) in [6, 6.07) is 10.8. The minimum atomic E-state index is -0.127. The lowest BCUT2D eigenvalue weighted by Crippen LogP contribution is -2.37. The molecule has 1 atom stereocenters. The lowest BCUT2D eigenvalue weighted by molar-refractivity contribution is 0.0939. The molecule has 5 nitrogen and oxygen atoms in total. The fraction of sp³-hybridized carbons (Fsp3) is 0.524. The van der Waals surface area contributed by atoms with E-state index in [0.717, 1.165) is 32.4 Å². The van der Waals surface area contributed by atoms with Gasteiger partial charge in [0, 0.05) is 24.7 Å². The molecular weight excluding hydrogens is 360 g/mol. The maximum Gasteiger partial charge on any atom is 0.271 e. The van der Waals surface area contributed by atoms with Gasteiger partial charge in [0.2, 0.25) is 0 Å². The molecule has 1 aliphatic rings. The molecule has 2 aromatic rings. The van der Waals surface area contributed by atoms with Gasteiger partial charge in [-0.05, 0) is 43.0 Å². The Balaban J connectivity index is 0.00000261. The van der Waals surface area contributed by atoms with Crippen molar-refractivity contribution < 1.29 is 4.79 Å². The molecule has 3 rings (SSSR count). The second kappa shape index (κ2) is 9.38. The Morgan fingerprint density at radius 1 is 1.30 bits per heavy atom. The van der Waals surface area contributed by atoms with Gasteiger partial charge in [0.05, 0.1) is 6.04 Å². The Bertz CT molecular complexity index is 733. The molecule has 0 spiro atoms. The SMILES string of the molecule is CCc1ccc(C(C)(C)CNC(=O)c2ccn(C3CCCNC3)n2)cc1.Cl. The molecule has 1 fully saturated rings. The average molecular weight is 391 g/mol. The highest BCUT2D eigenvalue weighted by Crippen LogP contribution is 2.23. The summed E-state index contributed by atoms with van der Waals surface area (Å²) < 4.78 is 1.93. The average Bonchev–Trinajstić information content (AvgIpc) is 3.17. The third kappa shape index (κ3) is 5.33. The lowest BCUT2D eigenvalue weighted by atomic mass is 9.84. The number of hydrogen-bond donors (Lipinski definition) is 2. The standard InChI is InChI=1S/C21H30N4O.ClH/c1-4-16-7-9-17(10-8-16)21(2,3)15-23-20(26)19-11-13-25(24-19)18-6-5-12-22-14-18;/h7-11,13,18,22H,4-6,12,14-15H2,1-3H3,(H,23,26);1H. The van der Waals surface area contributed by atoms with Crippen molar-refractivity contribution in [2.24, 2.45) is 0 Å². The van der Waals surface area contributed by atoms with Crippen LogP contribution in [0.15, 0.2) is 36.5 Å². The summed E-state index contributed by atoms with van der Waals surface area (Å²) >= 11 is 0. The zero-order chi connectivity index (χ0) is 18.6. The van der Waals surface area contributed by atoms with E-state index in [1.54, 1.807) is 0 Å². The molecule has 1 aromatic carbocycles. The monoisotopic (exact) mass is 390 g/mol. The molecule has 0 saturated carbocycles. The van der Waals surface area contributed by atoms with Crippen molar-refractivity contribution in [2.45, 2.75) is 51.5 Å². The number of amides is 1. The minimum absolute atomic E-state index is 0. The van der Waals surface area contributed by atoms with Gasteiger partial charge in [-0.1, -0.05) is 45.0 Å². The summed E-state index contributed by atoms with van der Waals surface area (Å²) in [5.74, 6) is -0.106. The predicted molar refractivity (Wildman–Crippen MR) is 112 cm³/mol. The number of aromatic nitrogens is 2. The van der Waals surface area contributed by atoms with Crippen LogP contribution in [0, 0.1) is 0 Å². The van der Waals surface area contributed by atoms with Gasteiger partial charge >= 0.3 is 0 Å². The van der Waals surface area contributed by atoms with Crippen molar-refractivity contribution in [3.8, 4) is 0 Å². The Morgan fingerprint density at radius 2 is 2.04 bits per heavy atom. The third-order valence-electron chi connectivity index (χ3n) is 5.32. The Hall–Kier alpha value is -1.85. The van der Waals surface area contributed by atoms with E-state index in [1.807, 2.05) is 16.9 Å². The normalized spacial score (nSPS) is 17.2. The van der Waals surface area contributed by atoms with Crippen molar-refractivity contribution in [2.75, 3.05) is 19.6 Å². The number of nitrogens with one attached hydrogen (secondary N) is 2. The van der Waals surface area contributed by atoms with E-state index in [2.05, 4.69) is 60.8 Å².